The number of amides is 2. The molecule has 4 rings (SSSR count). The molecule has 8 nitrogen and oxygen atoms in total. The number of alkyl carbamates (subject to hydrolysis) is 1. The summed E-state index contributed by atoms with van der Waals surface area (Å²) < 4.78 is 11.2. The molecule has 35 heavy (non-hydrogen) atoms. The van der Waals surface area contributed by atoms with Gasteiger partial charge in [-0.05, 0) is 41.5 Å². The van der Waals surface area contributed by atoms with Crippen LogP contribution in [0.2, 0.25) is 0 Å². The van der Waals surface area contributed by atoms with Crippen molar-refractivity contribution in [3.63, 3.8) is 0 Å². The summed E-state index contributed by atoms with van der Waals surface area (Å²) in [5.74, 6) is -1.34. The summed E-state index contributed by atoms with van der Waals surface area (Å²) in [6, 6.07) is 16.1. The summed E-state index contributed by atoms with van der Waals surface area (Å²) in [6.45, 7) is 2.83. The van der Waals surface area contributed by atoms with E-state index in [-0.39, 0.29) is 43.4 Å². The summed E-state index contributed by atoms with van der Waals surface area (Å²) in [4.78, 5) is 36.1. The average molecular weight is 481 g/mol. The van der Waals surface area contributed by atoms with Gasteiger partial charge in [0.2, 0.25) is 5.91 Å². The van der Waals surface area contributed by atoms with Crippen molar-refractivity contribution in [1.29, 1.82) is 0 Å². The molecule has 1 aliphatic carbocycles. The lowest BCUT2D eigenvalue weighted by molar-refractivity contribution is -0.138. The Balaban J connectivity index is 1.28. The minimum absolute atomic E-state index is 0.00290. The van der Waals surface area contributed by atoms with E-state index in [9.17, 15) is 14.4 Å². The topological polar surface area (TPSA) is 114 Å². The first-order chi connectivity index (χ1) is 17.0. The standard InChI is InChI=1S/C27H32N2O6/c1-2-18(11-12-24(30)31)29-26(32)25-17(13-14-34-25)15-28-27(33)35-16-23-21-9-5-3-7-19(21)20-8-4-6-10-22(20)23/h3-10,17-18,23,25H,2,11-16H2,1H3,(H,28,33)(H,29,32)(H,30,31). The minimum Gasteiger partial charge on any atom is -0.481 e. The maximum absolute atomic E-state index is 12.7. The van der Waals surface area contributed by atoms with Gasteiger partial charge in [-0.1, -0.05) is 55.5 Å². The van der Waals surface area contributed by atoms with Crippen LogP contribution in [-0.4, -0.2) is 55.0 Å². The second kappa shape index (κ2) is 11.4. The third kappa shape index (κ3) is 5.82. The third-order valence-corrected chi connectivity index (χ3v) is 6.87. The van der Waals surface area contributed by atoms with Crippen molar-refractivity contribution in [2.75, 3.05) is 19.8 Å². The molecule has 8 heteroatoms. The van der Waals surface area contributed by atoms with E-state index in [0.29, 0.717) is 25.9 Å². The van der Waals surface area contributed by atoms with E-state index in [1.165, 1.54) is 11.1 Å². The molecule has 2 aromatic carbocycles. The number of hydrogen-bond acceptors (Lipinski definition) is 5. The van der Waals surface area contributed by atoms with Crippen molar-refractivity contribution in [2.45, 2.75) is 50.7 Å². The molecule has 1 fully saturated rings. The van der Waals surface area contributed by atoms with Crippen molar-refractivity contribution in [2.24, 2.45) is 5.92 Å². The van der Waals surface area contributed by atoms with Crippen LogP contribution in [0.15, 0.2) is 48.5 Å². The zero-order valence-electron chi connectivity index (χ0n) is 19.9. The Morgan fingerprint density at radius 3 is 2.37 bits per heavy atom. The Labute approximate surface area is 205 Å². The molecule has 0 aromatic heterocycles. The molecule has 2 amide bonds. The number of carbonyl (C=O) groups excluding carboxylic acids is 2. The number of carboxylic acids is 1. The van der Waals surface area contributed by atoms with Crippen LogP contribution >= 0.6 is 0 Å². The Hall–Kier alpha value is -3.39. The predicted octanol–water partition coefficient (Wildman–Crippen LogP) is 3.69. The van der Waals surface area contributed by atoms with E-state index in [1.807, 2.05) is 31.2 Å². The largest absolute Gasteiger partial charge is 0.481 e. The van der Waals surface area contributed by atoms with E-state index in [4.69, 9.17) is 14.6 Å². The van der Waals surface area contributed by atoms with Gasteiger partial charge in [0.05, 0.1) is 0 Å². The molecular weight excluding hydrogens is 448 g/mol. The number of fused-ring (bicyclic) bond motifs is 3. The first-order valence-corrected chi connectivity index (χ1v) is 12.2. The Morgan fingerprint density at radius 1 is 1.09 bits per heavy atom. The molecule has 3 N–H and O–H groups in total. The third-order valence-electron chi connectivity index (χ3n) is 6.87. The monoisotopic (exact) mass is 480 g/mol. The molecule has 2 aromatic rings. The molecule has 0 spiro atoms. The smallest absolute Gasteiger partial charge is 0.407 e. The van der Waals surface area contributed by atoms with Crippen molar-refractivity contribution in [1.82, 2.24) is 10.6 Å². The quantitative estimate of drug-likeness (QED) is 0.478. The maximum atomic E-state index is 12.7. The van der Waals surface area contributed by atoms with E-state index in [0.717, 1.165) is 11.1 Å². The van der Waals surface area contributed by atoms with E-state index in [2.05, 4.69) is 34.9 Å². The molecule has 0 saturated carbocycles. The van der Waals surface area contributed by atoms with Crippen molar-refractivity contribution in [3.8, 4) is 11.1 Å². The maximum Gasteiger partial charge on any atom is 0.407 e. The molecule has 1 aliphatic heterocycles. The van der Waals surface area contributed by atoms with E-state index in [1.54, 1.807) is 0 Å². The summed E-state index contributed by atoms with van der Waals surface area (Å²) >= 11 is 0. The van der Waals surface area contributed by atoms with Gasteiger partial charge in [0.15, 0.2) is 0 Å². The SMILES string of the molecule is CCC(CCC(=O)O)NC(=O)C1OCCC1CNC(=O)OCC1c2ccccc2-c2ccccc21. The Kier molecular flexibility index (Phi) is 8.02. The van der Waals surface area contributed by atoms with Crippen molar-refractivity contribution >= 4 is 18.0 Å². The zero-order chi connectivity index (χ0) is 24.8. The molecule has 1 saturated heterocycles. The fourth-order valence-electron chi connectivity index (χ4n) is 4.96. The van der Waals surface area contributed by atoms with Crippen LogP contribution in [0.4, 0.5) is 4.79 Å². The van der Waals surface area contributed by atoms with Gasteiger partial charge in [-0.3, -0.25) is 9.59 Å². The van der Waals surface area contributed by atoms with Gasteiger partial charge < -0.3 is 25.2 Å². The lowest BCUT2D eigenvalue weighted by atomic mass is 9.98. The molecule has 0 radical (unpaired) electrons. The van der Waals surface area contributed by atoms with Crippen molar-refractivity contribution < 1.29 is 29.0 Å². The van der Waals surface area contributed by atoms with E-state index >= 15 is 0 Å². The zero-order valence-corrected chi connectivity index (χ0v) is 19.9. The van der Waals surface area contributed by atoms with Crippen molar-refractivity contribution in [3.05, 3.63) is 59.7 Å². The highest BCUT2D eigenvalue weighted by Gasteiger charge is 2.35. The van der Waals surface area contributed by atoms with Gasteiger partial charge in [0.1, 0.15) is 12.7 Å². The molecule has 0 bridgehead atoms. The fraction of sp³-hybridized carbons (Fsp3) is 0.444. The van der Waals surface area contributed by atoms with Crippen LogP contribution in [0.5, 0.6) is 0 Å². The molecule has 3 unspecified atom stereocenters. The first-order valence-electron chi connectivity index (χ1n) is 12.2. The number of ether oxygens (including phenoxy) is 2. The number of benzene rings is 2. The summed E-state index contributed by atoms with van der Waals surface area (Å²) in [7, 11) is 0. The normalized spacial score (nSPS) is 19.5. The van der Waals surface area contributed by atoms with Gasteiger partial charge in [-0.2, -0.15) is 0 Å². The van der Waals surface area contributed by atoms with Gasteiger partial charge in [0.25, 0.3) is 0 Å². The predicted molar refractivity (Wildman–Crippen MR) is 130 cm³/mol. The van der Waals surface area contributed by atoms with Crippen LogP contribution < -0.4 is 10.6 Å². The van der Waals surface area contributed by atoms with Crippen LogP contribution in [0.3, 0.4) is 0 Å². The van der Waals surface area contributed by atoms with Crippen LogP contribution in [0.1, 0.15) is 49.7 Å². The minimum atomic E-state index is -0.889. The van der Waals surface area contributed by atoms with Gasteiger partial charge in [-0.25, -0.2) is 4.79 Å². The van der Waals surface area contributed by atoms with Gasteiger partial charge in [-0.15, -0.1) is 0 Å². The number of carboxylic acid groups (broad SMARTS) is 1. The molecule has 186 valence electrons. The number of rotatable bonds is 10. The first kappa shape index (κ1) is 24.7. The lowest BCUT2D eigenvalue weighted by Crippen LogP contribution is -2.45. The average Bonchev–Trinajstić information content (AvgIpc) is 3.46. The highest BCUT2D eigenvalue weighted by atomic mass is 16.5. The van der Waals surface area contributed by atoms with E-state index < -0.39 is 18.2 Å². The van der Waals surface area contributed by atoms with Gasteiger partial charge >= 0.3 is 12.1 Å². The van der Waals surface area contributed by atoms with Crippen LogP contribution in [0.25, 0.3) is 11.1 Å². The molecule has 1 heterocycles. The number of carbonyl (C=O) groups is 3. The number of aliphatic carboxylic acids is 1. The second-order valence-corrected chi connectivity index (χ2v) is 9.09. The fourth-order valence-corrected chi connectivity index (χ4v) is 4.96. The highest BCUT2D eigenvalue weighted by Crippen LogP contribution is 2.44. The Morgan fingerprint density at radius 2 is 1.74 bits per heavy atom. The number of nitrogens with one attached hydrogen (secondary N) is 2. The van der Waals surface area contributed by atoms with Crippen LogP contribution in [0, 0.1) is 5.92 Å². The summed E-state index contributed by atoms with van der Waals surface area (Å²) in [5.41, 5.74) is 4.64. The lowest BCUT2D eigenvalue weighted by Gasteiger charge is -2.22. The van der Waals surface area contributed by atoms with Crippen LogP contribution in [-0.2, 0) is 19.1 Å². The number of hydrogen-bond donors (Lipinski definition) is 3. The molecule has 2 aliphatic rings. The Bertz CT molecular complexity index is 1030. The second-order valence-electron chi connectivity index (χ2n) is 9.09. The highest BCUT2D eigenvalue weighted by molar-refractivity contribution is 5.82. The van der Waals surface area contributed by atoms with Gasteiger partial charge in [0, 0.05) is 37.5 Å². The summed E-state index contributed by atoms with van der Waals surface area (Å²) in [5, 5.41) is 14.6. The molecule has 3 atom stereocenters. The summed E-state index contributed by atoms with van der Waals surface area (Å²) in [6.07, 6.45) is 0.445. The molecular formula is C27H32N2O6.